The second-order valence-corrected chi connectivity index (χ2v) is 6.16. The van der Waals surface area contributed by atoms with Crippen LogP contribution in [0.3, 0.4) is 0 Å². The molecule has 0 unspecified atom stereocenters. The molecule has 1 aromatic heterocycles. The third kappa shape index (κ3) is 4.03. The van der Waals surface area contributed by atoms with Crippen molar-refractivity contribution < 1.29 is 4.74 Å². The average Bonchev–Trinajstić information content (AvgIpc) is 3.09. The van der Waals surface area contributed by atoms with Gasteiger partial charge in [0.1, 0.15) is 5.82 Å². The molecule has 1 fully saturated rings. The van der Waals surface area contributed by atoms with E-state index < -0.39 is 0 Å². The highest BCUT2D eigenvalue weighted by Crippen LogP contribution is 2.25. The Labute approximate surface area is 144 Å². The lowest BCUT2D eigenvalue weighted by atomic mass is 10.1. The molecule has 2 heterocycles. The first kappa shape index (κ1) is 16.7. The summed E-state index contributed by atoms with van der Waals surface area (Å²) in [4.78, 5) is 11.5. The molecule has 5 nitrogen and oxygen atoms in total. The Balaban J connectivity index is 1.70. The van der Waals surface area contributed by atoms with Gasteiger partial charge in [-0.2, -0.15) is 4.98 Å². The van der Waals surface area contributed by atoms with Crippen LogP contribution in [0.15, 0.2) is 42.6 Å². The number of anilines is 2. The summed E-state index contributed by atoms with van der Waals surface area (Å²) in [7, 11) is 0. The number of nitrogens with one attached hydrogen (secondary N) is 1. The van der Waals surface area contributed by atoms with Crippen LogP contribution < -0.4 is 10.2 Å². The molecule has 2 aromatic rings. The Hall–Kier alpha value is -2.14. The maximum atomic E-state index is 5.62. The third-order valence-electron chi connectivity index (χ3n) is 4.47. The van der Waals surface area contributed by atoms with Crippen molar-refractivity contribution in [3.05, 3.63) is 48.2 Å². The van der Waals surface area contributed by atoms with E-state index >= 15 is 0 Å². The normalized spacial score (nSPS) is 18.6. The largest absolute Gasteiger partial charge is 0.380 e. The second-order valence-electron chi connectivity index (χ2n) is 6.16. The number of ether oxygens (including phenoxy) is 1. The highest BCUT2D eigenvalue weighted by Gasteiger charge is 2.26. The number of rotatable bonds is 7. The maximum Gasteiger partial charge on any atom is 0.225 e. The molecule has 0 radical (unpaired) electrons. The molecule has 3 rings (SSSR count). The Kier molecular flexibility index (Phi) is 5.64. The Bertz CT molecular complexity index is 634. The topological polar surface area (TPSA) is 50.3 Å². The molecule has 0 bridgehead atoms. The molecule has 1 aromatic carbocycles. The summed E-state index contributed by atoms with van der Waals surface area (Å²) < 4.78 is 5.62. The van der Waals surface area contributed by atoms with Crippen LogP contribution in [0, 0.1) is 0 Å². The van der Waals surface area contributed by atoms with E-state index in [0.717, 1.165) is 32.0 Å². The summed E-state index contributed by atoms with van der Waals surface area (Å²) in [6.07, 6.45) is 4.18. The van der Waals surface area contributed by atoms with Crippen LogP contribution in [-0.2, 0) is 4.74 Å². The smallest absolute Gasteiger partial charge is 0.225 e. The molecule has 0 saturated carbocycles. The standard InChI is InChI=1S/C19H26N4O/c1-3-24-14-17-10-7-13-23(17)18-11-12-20-19(22-18)21-15(2)16-8-5-4-6-9-16/h4-6,8-9,11-12,15,17H,3,7,10,13-14H2,1-2H3,(H,20,21,22)/t15-,17-/m0/s1. The van der Waals surface area contributed by atoms with Gasteiger partial charge in [0.25, 0.3) is 0 Å². The van der Waals surface area contributed by atoms with Crippen molar-refractivity contribution >= 4 is 11.8 Å². The van der Waals surface area contributed by atoms with Crippen LogP contribution in [0.25, 0.3) is 0 Å². The van der Waals surface area contributed by atoms with Crippen molar-refractivity contribution in [1.29, 1.82) is 0 Å². The Morgan fingerprint density at radius 3 is 2.92 bits per heavy atom. The van der Waals surface area contributed by atoms with Gasteiger partial charge in [-0.3, -0.25) is 0 Å². The summed E-state index contributed by atoms with van der Waals surface area (Å²) >= 11 is 0. The van der Waals surface area contributed by atoms with E-state index in [9.17, 15) is 0 Å². The monoisotopic (exact) mass is 326 g/mol. The molecule has 1 aliphatic heterocycles. The van der Waals surface area contributed by atoms with Crippen LogP contribution in [0.1, 0.15) is 38.3 Å². The Morgan fingerprint density at radius 2 is 2.12 bits per heavy atom. The van der Waals surface area contributed by atoms with Gasteiger partial charge in [0.2, 0.25) is 5.95 Å². The van der Waals surface area contributed by atoms with Crippen LogP contribution in [0.2, 0.25) is 0 Å². The molecular formula is C19H26N4O. The van der Waals surface area contributed by atoms with Crippen molar-refractivity contribution in [2.45, 2.75) is 38.8 Å². The van der Waals surface area contributed by atoms with Crippen LogP contribution in [0.5, 0.6) is 0 Å². The van der Waals surface area contributed by atoms with Crippen molar-refractivity contribution in [1.82, 2.24) is 9.97 Å². The van der Waals surface area contributed by atoms with Crippen LogP contribution >= 0.6 is 0 Å². The lowest BCUT2D eigenvalue weighted by Crippen LogP contribution is -2.34. The molecule has 0 aliphatic carbocycles. The number of nitrogens with zero attached hydrogens (tertiary/aromatic N) is 3. The number of hydrogen-bond acceptors (Lipinski definition) is 5. The summed E-state index contributed by atoms with van der Waals surface area (Å²) in [5.41, 5.74) is 1.22. The second kappa shape index (κ2) is 8.11. The predicted octanol–water partition coefficient (Wildman–Crippen LogP) is 3.66. The molecule has 24 heavy (non-hydrogen) atoms. The molecule has 1 saturated heterocycles. The summed E-state index contributed by atoms with van der Waals surface area (Å²) in [6.45, 7) is 6.72. The van der Waals surface area contributed by atoms with Crippen molar-refractivity contribution in [2.75, 3.05) is 30.0 Å². The quantitative estimate of drug-likeness (QED) is 0.841. The zero-order valence-electron chi connectivity index (χ0n) is 14.5. The Morgan fingerprint density at radius 1 is 1.29 bits per heavy atom. The minimum atomic E-state index is 0.166. The van der Waals surface area contributed by atoms with E-state index in [1.165, 1.54) is 12.0 Å². The number of hydrogen-bond donors (Lipinski definition) is 1. The van der Waals surface area contributed by atoms with Crippen molar-refractivity contribution in [2.24, 2.45) is 0 Å². The summed E-state index contributed by atoms with van der Waals surface area (Å²) in [5, 5.41) is 3.40. The molecule has 0 amide bonds. The molecule has 1 aliphatic rings. The molecule has 0 spiro atoms. The van der Waals surface area contributed by atoms with Crippen molar-refractivity contribution in [3.8, 4) is 0 Å². The molecule has 1 N–H and O–H groups in total. The first-order valence-corrected chi connectivity index (χ1v) is 8.77. The summed E-state index contributed by atoms with van der Waals surface area (Å²) in [5.74, 6) is 1.65. The van der Waals surface area contributed by atoms with E-state index in [0.29, 0.717) is 12.0 Å². The number of aromatic nitrogens is 2. The van der Waals surface area contributed by atoms with Crippen LogP contribution in [-0.4, -0.2) is 35.8 Å². The lowest BCUT2D eigenvalue weighted by molar-refractivity contribution is 0.134. The SMILES string of the molecule is CCOC[C@@H]1CCCN1c1ccnc(N[C@@H](C)c2ccccc2)n1. The zero-order valence-corrected chi connectivity index (χ0v) is 14.5. The van der Waals surface area contributed by atoms with E-state index in [2.05, 4.69) is 34.3 Å². The first-order valence-electron chi connectivity index (χ1n) is 8.77. The fourth-order valence-electron chi connectivity index (χ4n) is 3.16. The highest BCUT2D eigenvalue weighted by molar-refractivity contribution is 5.45. The maximum absolute atomic E-state index is 5.62. The van der Waals surface area contributed by atoms with Gasteiger partial charge in [0, 0.05) is 19.3 Å². The fraction of sp³-hybridized carbons (Fsp3) is 0.474. The molecule has 2 atom stereocenters. The van der Waals surface area contributed by atoms with E-state index in [-0.39, 0.29) is 6.04 Å². The molecular weight excluding hydrogens is 300 g/mol. The molecule has 5 heteroatoms. The van der Waals surface area contributed by atoms with Gasteiger partial charge in [-0.25, -0.2) is 4.98 Å². The first-order chi connectivity index (χ1) is 11.8. The van der Waals surface area contributed by atoms with Gasteiger partial charge >= 0.3 is 0 Å². The van der Waals surface area contributed by atoms with Crippen molar-refractivity contribution in [3.63, 3.8) is 0 Å². The minimum Gasteiger partial charge on any atom is -0.380 e. The highest BCUT2D eigenvalue weighted by atomic mass is 16.5. The van der Waals surface area contributed by atoms with Crippen LogP contribution in [0.4, 0.5) is 11.8 Å². The average molecular weight is 326 g/mol. The lowest BCUT2D eigenvalue weighted by Gasteiger charge is -2.26. The van der Waals surface area contributed by atoms with E-state index in [1.807, 2.05) is 37.4 Å². The zero-order chi connectivity index (χ0) is 16.8. The molecule has 128 valence electrons. The van der Waals surface area contributed by atoms with E-state index in [1.54, 1.807) is 0 Å². The van der Waals surface area contributed by atoms with Gasteiger partial charge in [-0.1, -0.05) is 30.3 Å². The fourth-order valence-corrected chi connectivity index (χ4v) is 3.16. The van der Waals surface area contributed by atoms with E-state index in [4.69, 9.17) is 9.72 Å². The van der Waals surface area contributed by atoms with Gasteiger partial charge in [0.15, 0.2) is 0 Å². The van der Waals surface area contributed by atoms with Gasteiger partial charge in [0.05, 0.1) is 18.7 Å². The minimum absolute atomic E-state index is 0.166. The van der Waals surface area contributed by atoms with Gasteiger partial charge in [-0.05, 0) is 38.3 Å². The number of benzene rings is 1. The summed E-state index contributed by atoms with van der Waals surface area (Å²) in [6, 6.07) is 12.9. The van der Waals surface area contributed by atoms with Gasteiger partial charge in [-0.15, -0.1) is 0 Å². The third-order valence-corrected chi connectivity index (χ3v) is 4.47. The van der Waals surface area contributed by atoms with Gasteiger partial charge < -0.3 is 15.0 Å². The predicted molar refractivity (Wildman–Crippen MR) is 97.4 cm³/mol.